The van der Waals surface area contributed by atoms with Gasteiger partial charge in [0.2, 0.25) is 0 Å². The second-order valence-corrected chi connectivity index (χ2v) is 3.66. The summed E-state index contributed by atoms with van der Waals surface area (Å²) in [5, 5.41) is 23.8. The lowest BCUT2D eigenvalue weighted by Crippen LogP contribution is -2.23. The number of aromatic nitrogens is 2. The molecule has 7 heteroatoms. The highest BCUT2D eigenvalue weighted by molar-refractivity contribution is 5.47. The van der Waals surface area contributed by atoms with Gasteiger partial charge in [-0.2, -0.15) is 0 Å². The summed E-state index contributed by atoms with van der Waals surface area (Å²) in [4.78, 5) is 8.48. The molecular formula is C11H20N4O3. The largest absolute Gasteiger partial charge is 0.394 e. The molecule has 1 atom stereocenters. The summed E-state index contributed by atoms with van der Waals surface area (Å²) in [6.45, 7) is 2.77. The molecule has 0 aromatic carbocycles. The van der Waals surface area contributed by atoms with E-state index < -0.39 is 6.10 Å². The first kappa shape index (κ1) is 14.6. The molecule has 7 nitrogen and oxygen atoms in total. The highest BCUT2D eigenvalue weighted by atomic mass is 16.5. The molecular weight excluding hydrogens is 236 g/mol. The monoisotopic (exact) mass is 256 g/mol. The maximum absolute atomic E-state index is 9.26. The first-order valence-corrected chi connectivity index (χ1v) is 5.85. The number of ether oxygens (including phenoxy) is 1. The zero-order valence-corrected chi connectivity index (χ0v) is 10.7. The first-order valence-electron chi connectivity index (χ1n) is 5.85. The molecule has 0 aliphatic heterocycles. The van der Waals surface area contributed by atoms with E-state index in [1.165, 1.54) is 0 Å². The molecule has 0 aliphatic carbocycles. The molecule has 0 saturated carbocycles. The molecule has 1 aromatic heterocycles. The van der Waals surface area contributed by atoms with Crippen molar-refractivity contribution in [2.45, 2.75) is 19.6 Å². The van der Waals surface area contributed by atoms with Crippen molar-refractivity contribution in [1.29, 1.82) is 0 Å². The van der Waals surface area contributed by atoms with Crippen molar-refractivity contribution in [2.24, 2.45) is 0 Å². The van der Waals surface area contributed by atoms with Gasteiger partial charge in [0.05, 0.1) is 12.7 Å². The van der Waals surface area contributed by atoms with E-state index >= 15 is 0 Å². The van der Waals surface area contributed by atoms with Crippen LogP contribution < -0.4 is 10.6 Å². The van der Waals surface area contributed by atoms with Crippen LogP contribution in [0.15, 0.2) is 6.07 Å². The predicted molar refractivity (Wildman–Crippen MR) is 68.5 cm³/mol. The molecule has 1 rings (SSSR count). The van der Waals surface area contributed by atoms with Crippen LogP contribution in [0.4, 0.5) is 11.6 Å². The van der Waals surface area contributed by atoms with Gasteiger partial charge in [0, 0.05) is 26.3 Å². The van der Waals surface area contributed by atoms with Crippen molar-refractivity contribution >= 4 is 11.6 Å². The van der Waals surface area contributed by atoms with Crippen LogP contribution in [0.3, 0.4) is 0 Å². The third-order valence-corrected chi connectivity index (χ3v) is 2.19. The lowest BCUT2D eigenvalue weighted by molar-refractivity contribution is 0.105. The molecule has 1 aromatic rings. The van der Waals surface area contributed by atoms with Crippen LogP contribution in [0, 0.1) is 0 Å². The molecule has 0 amide bonds. The van der Waals surface area contributed by atoms with Crippen molar-refractivity contribution < 1.29 is 14.9 Å². The van der Waals surface area contributed by atoms with Crippen LogP contribution >= 0.6 is 0 Å². The second-order valence-electron chi connectivity index (χ2n) is 3.66. The fourth-order valence-corrected chi connectivity index (χ4v) is 1.26. The van der Waals surface area contributed by atoms with Crippen LogP contribution in [-0.2, 0) is 11.3 Å². The molecule has 0 fully saturated rings. The molecule has 102 valence electrons. The Balaban J connectivity index is 2.70. The minimum absolute atomic E-state index is 0.227. The van der Waals surface area contributed by atoms with Gasteiger partial charge in [-0.15, -0.1) is 0 Å². The minimum Gasteiger partial charge on any atom is -0.394 e. The van der Waals surface area contributed by atoms with Gasteiger partial charge in [0.15, 0.2) is 5.82 Å². The van der Waals surface area contributed by atoms with E-state index in [4.69, 9.17) is 9.84 Å². The summed E-state index contributed by atoms with van der Waals surface area (Å²) in [5.41, 5.74) is 0. The fourth-order valence-electron chi connectivity index (χ4n) is 1.26. The van der Waals surface area contributed by atoms with Gasteiger partial charge in [-0.25, -0.2) is 9.97 Å². The Morgan fingerprint density at radius 3 is 2.72 bits per heavy atom. The SMILES string of the molecule is CCOCc1nc(NC)cc(NCC(O)CO)n1. The normalized spacial score (nSPS) is 12.2. The smallest absolute Gasteiger partial charge is 0.158 e. The number of nitrogens with zero attached hydrogens (tertiary/aromatic N) is 2. The number of rotatable bonds is 8. The molecule has 0 bridgehead atoms. The molecule has 1 unspecified atom stereocenters. The number of hydrogen-bond donors (Lipinski definition) is 4. The van der Waals surface area contributed by atoms with E-state index in [1.807, 2.05) is 6.92 Å². The van der Waals surface area contributed by atoms with E-state index in [2.05, 4.69) is 20.6 Å². The van der Waals surface area contributed by atoms with Crippen molar-refractivity contribution in [3.63, 3.8) is 0 Å². The van der Waals surface area contributed by atoms with Gasteiger partial charge < -0.3 is 25.6 Å². The quantitative estimate of drug-likeness (QED) is 0.512. The molecule has 1 heterocycles. The molecule has 0 aliphatic rings. The van der Waals surface area contributed by atoms with E-state index in [0.29, 0.717) is 30.7 Å². The van der Waals surface area contributed by atoms with E-state index in [-0.39, 0.29) is 13.2 Å². The van der Waals surface area contributed by atoms with Gasteiger partial charge in [0.1, 0.15) is 18.2 Å². The third kappa shape index (κ3) is 4.82. The lowest BCUT2D eigenvalue weighted by Gasteiger charge is -2.12. The summed E-state index contributed by atoms with van der Waals surface area (Å²) < 4.78 is 5.25. The van der Waals surface area contributed by atoms with Crippen molar-refractivity contribution in [2.75, 3.05) is 37.4 Å². The number of nitrogens with one attached hydrogen (secondary N) is 2. The van der Waals surface area contributed by atoms with Crippen molar-refractivity contribution in [1.82, 2.24) is 9.97 Å². The fraction of sp³-hybridized carbons (Fsp3) is 0.636. The van der Waals surface area contributed by atoms with Gasteiger partial charge >= 0.3 is 0 Å². The van der Waals surface area contributed by atoms with Gasteiger partial charge in [0.25, 0.3) is 0 Å². The number of anilines is 2. The van der Waals surface area contributed by atoms with Crippen molar-refractivity contribution in [3.05, 3.63) is 11.9 Å². The van der Waals surface area contributed by atoms with Crippen LogP contribution in [0.25, 0.3) is 0 Å². The molecule has 0 spiro atoms. The first-order chi connectivity index (χ1) is 8.69. The van der Waals surface area contributed by atoms with Crippen LogP contribution in [0.2, 0.25) is 0 Å². The Hall–Kier alpha value is -1.44. The Morgan fingerprint density at radius 2 is 2.11 bits per heavy atom. The van der Waals surface area contributed by atoms with Crippen LogP contribution in [0.1, 0.15) is 12.7 Å². The zero-order chi connectivity index (χ0) is 13.4. The Morgan fingerprint density at radius 1 is 1.39 bits per heavy atom. The van der Waals surface area contributed by atoms with Crippen LogP contribution in [0.5, 0.6) is 0 Å². The van der Waals surface area contributed by atoms with Gasteiger partial charge in [-0.3, -0.25) is 0 Å². The van der Waals surface area contributed by atoms with Crippen molar-refractivity contribution in [3.8, 4) is 0 Å². The summed E-state index contributed by atoms with van der Waals surface area (Å²) in [7, 11) is 1.76. The van der Waals surface area contributed by atoms with E-state index in [1.54, 1.807) is 13.1 Å². The van der Waals surface area contributed by atoms with E-state index in [0.717, 1.165) is 0 Å². The standard InChI is InChI=1S/C11H20N4O3/c1-3-18-7-11-14-9(12-2)4-10(15-11)13-5-8(17)6-16/h4,8,16-17H,3,5-7H2,1-2H3,(H2,12,13,14,15). The Bertz CT molecular complexity index is 362. The topological polar surface area (TPSA) is 99.5 Å². The lowest BCUT2D eigenvalue weighted by atomic mass is 10.3. The summed E-state index contributed by atoms with van der Waals surface area (Å²) >= 11 is 0. The summed E-state index contributed by atoms with van der Waals surface area (Å²) in [6, 6.07) is 1.72. The highest BCUT2D eigenvalue weighted by Gasteiger charge is 2.06. The van der Waals surface area contributed by atoms with Gasteiger partial charge in [-0.05, 0) is 6.92 Å². The third-order valence-electron chi connectivity index (χ3n) is 2.19. The maximum atomic E-state index is 9.26. The summed E-state index contributed by atoms with van der Waals surface area (Å²) in [5.74, 6) is 1.81. The maximum Gasteiger partial charge on any atom is 0.158 e. The Kier molecular flexibility index (Phi) is 6.34. The van der Waals surface area contributed by atoms with Crippen LogP contribution in [-0.4, -0.2) is 53.1 Å². The number of aliphatic hydroxyl groups excluding tert-OH is 2. The average molecular weight is 256 g/mol. The highest BCUT2D eigenvalue weighted by Crippen LogP contribution is 2.11. The van der Waals surface area contributed by atoms with Gasteiger partial charge in [-0.1, -0.05) is 0 Å². The zero-order valence-electron chi connectivity index (χ0n) is 10.7. The average Bonchev–Trinajstić information content (AvgIpc) is 2.42. The molecule has 4 N–H and O–H groups in total. The molecule has 0 radical (unpaired) electrons. The summed E-state index contributed by atoms with van der Waals surface area (Å²) in [6.07, 6.45) is -0.812. The Labute approximate surface area is 106 Å². The minimum atomic E-state index is -0.812. The van der Waals surface area contributed by atoms with E-state index in [9.17, 15) is 5.11 Å². The predicted octanol–water partition coefficient (Wildman–Crippen LogP) is -0.180. The second kappa shape index (κ2) is 7.80. The molecule has 0 saturated heterocycles. The number of aliphatic hydroxyl groups is 2. The molecule has 18 heavy (non-hydrogen) atoms. The number of hydrogen-bond acceptors (Lipinski definition) is 7.